The van der Waals surface area contributed by atoms with E-state index in [1.165, 1.54) is 0 Å². The average molecular weight is 532 g/mol. The van der Waals surface area contributed by atoms with Crippen molar-refractivity contribution in [3.05, 3.63) is 86.9 Å². The number of rotatable bonds is 4. The van der Waals surface area contributed by atoms with E-state index >= 15 is 0 Å². The van der Waals surface area contributed by atoms with Crippen LogP contribution in [0.2, 0.25) is 10.0 Å². The molecule has 1 saturated heterocycles. The monoisotopic (exact) mass is 531 g/mol. The fraction of sp³-hybridized carbons (Fsp3) is 0.308. The first-order valence-electron chi connectivity index (χ1n) is 11.8. The van der Waals surface area contributed by atoms with Crippen molar-refractivity contribution in [3.63, 3.8) is 0 Å². The second-order valence-electron chi connectivity index (χ2n) is 9.07. The first-order chi connectivity index (χ1) is 17.2. The van der Waals surface area contributed by atoms with Crippen molar-refractivity contribution < 1.29 is 13.6 Å². The zero-order chi connectivity index (χ0) is 25.6. The van der Waals surface area contributed by atoms with E-state index in [4.69, 9.17) is 23.2 Å². The Balaban J connectivity index is 1.57. The van der Waals surface area contributed by atoms with Gasteiger partial charge in [-0.25, -0.2) is 24.2 Å². The summed E-state index contributed by atoms with van der Waals surface area (Å²) in [4.78, 5) is 21.6. The molecular formula is C26H25Cl2F2N5O. The average Bonchev–Trinajstić information content (AvgIpc) is 3.30. The molecule has 6 nitrogen and oxygen atoms in total. The minimum atomic E-state index is -0.876. The highest BCUT2D eigenvalue weighted by Crippen LogP contribution is 2.35. The van der Waals surface area contributed by atoms with Gasteiger partial charge in [0.2, 0.25) is 5.91 Å². The summed E-state index contributed by atoms with van der Waals surface area (Å²) in [5, 5.41) is 1.68. The minimum absolute atomic E-state index is 0.0344. The van der Waals surface area contributed by atoms with E-state index in [2.05, 4.69) is 10.4 Å². The predicted octanol–water partition coefficient (Wildman–Crippen LogP) is 5.40. The summed E-state index contributed by atoms with van der Waals surface area (Å²) in [7, 11) is 1.84. The molecule has 1 unspecified atom stereocenters. The van der Waals surface area contributed by atoms with Gasteiger partial charge in [0.15, 0.2) is 0 Å². The lowest BCUT2D eigenvalue weighted by molar-refractivity contribution is -0.133. The van der Waals surface area contributed by atoms with Gasteiger partial charge in [0.05, 0.1) is 16.4 Å². The number of hydrogen-bond acceptors (Lipinski definition) is 5. The smallest absolute Gasteiger partial charge is 0.245 e. The first kappa shape index (κ1) is 24.7. The fourth-order valence-corrected chi connectivity index (χ4v) is 5.24. The summed E-state index contributed by atoms with van der Waals surface area (Å²) in [6.45, 7) is 3.38. The van der Waals surface area contributed by atoms with Crippen LogP contribution >= 0.6 is 23.2 Å². The number of fused-ring (bicyclic) bond motifs is 1. The van der Waals surface area contributed by atoms with E-state index in [0.29, 0.717) is 22.4 Å². The van der Waals surface area contributed by atoms with Crippen LogP contribution in [0.1, 0.15) is 30.4 Å². The molecule has 2 aromatic carbocycles. The highest BCUT2D eigenvalue weighted by atomic mass is 35.5. The summed E-state index contributed by atoms with van der Waals surface area (Å²) in [5.74, 6) is -0.748. The third-order valence-corrected chi connectivity index (χ3v) is 7.29. The first-order valence-corrected chi connectivity index (χ1v) is 12.5. The van der Waals surface area contributed by atoms with Crippen LogP contribution in [0, 0.1) is 18.6 Å². The van der Waals surface area contributed by atoms with Crippen LogP contribution in [0.4, 0.5) is 14.5 Å². The Kier molecular flexibility index (Phi) is 6.76. The van der Waals surface area contributed by atoms with Gasteiger partial charge in [-0.3, -0.25) is 4.79 Å². The highest BCUT2D eigenvalue weighted by molar-refractivity contribution is 6.33. The zero-order valence-electron chi connectivity index (χ0n) is 19.9. The van der Waals surface area contributed by atoms with E-state index in [-0.39, 0.29) is 11.5 Å². The molecule has 5 rings (SSSR count). The number of nitrogens with one attached hydrogen (secondary N) is 1. The predicted molar refractivity (Wildman–Crippen MR) is 138 cm³/mol. The number of aliphatic imine (C=N–C) groups is 1. The molecule has 36 heavy (non-hydrogen) atoms. The number of piperidine rings is 1. The number of aryl methyl sites for hydroxylation is 1. The van der Waals surface area contributed by atoms with Crippen LogP contribution in [0.25, 0.3) is 0 Å². The Morgan fingerprint density at radius 3 is 2.50 bits per heavy atom. The number of amides is 1. The van der Waals surface area contributed by atoms with E-state index in [1.807, 2.05) is 35.9 Å². The number of allylic oxidation sites excluding steroid dienone is 1. The molecule has 3 aliphatic rings. The molecule has 3 aliphatic heterocycles. The third kappa shape index (κ3) is 4.49. The second-order valence-corrected chi connectivity index (χ2v) is 9.86. The van der Waals surface area contributed by atoms with Crippen molar-refractivity contribution in [1.29, 1.82) is 0 Å². The molecule has 1 atom stereocenters. The number of hydrazine groups is 1. The maximum absolute atomic E-state index is 14.3. The Bertz CT molecular complexity index is 1280. The van der Waals surface area contributed by atoms with Crippen LogP contribution < -0.4 is 10.3 Å². The topological polar surface area (TPSA) is 51.2 Å². The second kappa shape index (κ2) is 9.84. The van der Waals surface area contributed by atoms with Crippen LogP contribution in [0.3, 0.4) is 0 Å². The molecule has 0 radical (unpaired) electrons. The van der Waals surface area contributed by atoms with E-state index in [9.17, 15) is 13.6 Å². The third-order valence-electron chi connectivity index (χ3n) is 6.62. The molecule has 3 heterocycles. The summed E-state index contributed by atoms with van der Waals surface area (Å²) >= 11 is 12.3. The van der Waals surface area contributed by atoms with Crippen LogP contribution in [-0.2, 0) is 4.79 Å². The van der Waals surface area contributed by atoms with Crippen molar-refractivity contribution in [1.82, 2.24) is 15.3 Å². The zero-order valence-corrected chi connectivity index (χ0v) is 21.4. The molecule has 0 aliphatic carbocycles. The fourth-order valence-electron chi connectivity index (χ4n) is 4.78. The van der Waals surface area contributed by atoms with Gasteiger partial charge < -0.3 is 9.80 Å². The molecular weight excluding hydrogens is 507 g/mol. The van der Waals surface area contributed by atoms with Crippen LogP contribution in [0.15, 0.2) is 59.1 Å². The van der Waals surface area contributed by atoms with Gasteiger partial charge in [-0.15, -0.1) is 0 Å². The Morgan fingerprint density at radius 1 is 1.14 bits per heavy atom. The standard InChI is InChI=1S/C26H25Cl2F2N5O/c1-15-7-6-8-17(27)25(15)33(2)23-14-20(16-11-18(29)24(28)19(30)12-16)31-22-13-21(32-35(22)23)26(36)34-9-4-3-5-10-34/h6-8,11-14,21,32H,3-5,9-10H2,1-2H3. The molecule has 188 valence electrons. The number of carbonyl (C=O) groups excluding carboxylic acids is 1. The van der Waals surface area contributed by atoms with Crippen molar-refractivity contribution >= 4 is 40.5 Å². The normalized spacial score (nSPS) is 19.5. The summed E-state index contributed by atoms with van der Waals surface area (Å²) in [6, 6.07) is 7.27. The molecule has 0 aromatic heterocycles. The molecule has 1 N–H and O–H groups in total. The van der Waals surface area contributed by atoms with Gasteiger partial charge in [-0.1, -0.05) is 35.3 Å². The van der Waals surface area contributed by atoms with E-state index in [1.54, 1.807) is 23.2 Å². The Labute approximate surface area is 218 Å². The summed E-state index contributed by atoms with van der Waals surface area (Å²) in [6.07, 6.45) is 6.51. The molecule has 1 amide bonds. The van der Waals surface area contributed by atoms with Crippen molar-refractivity contribution in [2.75, 3.05) is 25.0 Å². The van der Waals surface area contributed by atoms with Gasteiger partial charge in [-0.2, -0.15) is 0 Å². The van der Waals surface area contributed by atoms with Gasteiger partial charge in [-0.05, 0) is 56.0 Å². The number of anilines is 1. The maximum Gasteiger partial charge on any atom is 0.245 e. The van der Waals surface area contributed by atoms with E-state index < -0.39 is 22.7 Å². The lowest BCUT2D eigenvalue weighted by atomic mass is 10.1. The number of nitrogens with zero attached hydrogens (tertiary/aromatic N) is 4. The van der Waals surface area contributed by atoms with Gasteiger partial charge in [0.1, 0.15) is 34.3 Å². The lowest BCUT2D eigenvalue weighted by Crippen LogP contribution is -2.50. The maximum atomic E-state index is 14.3. The van der Waals surface area contributed by atoms with Crippen molar-refractivity contribution in [3.8, 4) is 0 Å². The molecule has 0 spiro atoms. The molecule has 2 aromatic rings. The quantitative estimate of drug-likeness (QED) is 0.536. The summed E-state index contributed by atoms with van der Waals surface area (Å²) < 4.78 is 28.6. The Morgan fingerprint density at radius 2 is 1.83 bits per heavy atom. The van der Waals surface area contributed by atoms with Crippen LogP contribution in [-0.4, -0.2) is 47.7 Å². The van der Waals surface area contributed by atoms with Gasteiger partial charge >= 0.3 is 0 Å². The van der Waals surface area contributed by atoms with Crippen LogP contribution in [0.5, 0.6) is 0 Å². The van der Waals surface area contributed by atoms with Gasteiger partial charge in [0, 0.05) is 31.8 Å². The molecule has 0 bridgehead atoms. The Hall–Kier alpha value is -2.94. The minimum Gasteiger partial charge on any atom is -0.341 e. The number of benzene rings is 2. The summed E-state index contributed by atoms with van der Waals surface area (Å²) in [5.41, 5.74) is 5.49. The molecule has 10 heteroatoms. The number of likely N-dealkylation sites (tertiary alicyclic amines) is 1. The highest BCUT2D eigenvalue weighted by Gasteiger charge is 2.37. The van der Waals surface area contributed by atoms with Crippen molar-refractivity contribution in [2.24, 2.45) is 4.99 Å². The SMILES string of the molecule is Cc1cccc(Cl)c1N(C)C1=CC(c2cc(F)c(Cl)c(F)c2)=NC2=CC(C(=O)N3CCCCC3)NN21. The molecule has 1 fully saturated rings. The van der Waals surface area contributed by atoms with Gasteiger partial charge in [0.25, 0.3) is 0 Å². The van der Waals surface area contributed by atoms with Crippen molar-refractivity contribution in [2.45, 2.75) is 32.2 Å². The number of halogens is 4. The number of hydrogen-bond donors (Lipinski definition) is 1. The molecule has 0 saturated carbocycles. The van der Waals surface area contributed by atoms with E-state index in [0.717, 1.165) is 55.7 Å². The number of carbonyl (C=O) groups is 1. The lowest BCUT2D eigenvalue weighted by Gasteiger charge is -2.35. The largest absolute Gasteiger partial charge is 0.341 e. The number of para-hydroxylation sites is 1.